The number of hydrogen-bond acceptors (Lipinski definition) is 5. The van der Waals surface area contributed by atoms with E-state index in [0.717, 1.165) is 28.4 Å². The average Bonchev–Trinajstić information content (AvgIpc) is 3.08. The summed E-state index contributed by atoms with van der Waals surface area (Å²) < 4.78 is 27.7. The maximum absolute atomic E-state index is 12.3. The molecule has 2 unspecified atom stereocenters. The van der Waals surface area contributed by atoms with Crippen LogP contribution in [0.25, 0.3) is 0 Å². The van der Waals surface area contributed by atoms with Crippen LogP contribution in [-0.2, 0) is 23.0 Å². The van der Waals surface area contributed by atoms with Crippen molar-refractivity contribution in [3.8, 4) is 5.88 Å². The maximum Gasteiger partial charge on any atom is 0.329 e. The summed E-state index contributed by atoms with van der Waals surface area (Å²) in [6.07, 6.45) is 1.83. The lowest BCUT2D eigenvalue weighted by Gasteiger charge is -2.19. The Hall–Kier alpha value is -2.55. The number of sulfonamides is 1. The molecule has 8 nitrogen and oxygen atoms in total. The number of fused-ring (bicyclic) bond motifs is 1. The predicted octanol–water partition coefficient (Wildman–Crippen LogP) is 1.53. The van der Waals surface area contributed by atoms with Gasteiger partial charge in [-0.2, -0.15) is 5.10 Å². The number of aromatic hydroxyl groups is 1. The minimum Gasteiger partial charge on any atom is -0.492 e. The highest BCUT2D eigenvalue weighted by molar-refractivity contribution is 7.90. The van der Waals surface area contributed by atoms with E-state index in [0.29, 0.717) is 6.54 Å². The van der Waals surface area contributed by atoms with Gasteiger partial charge in [0.25, 0.3) is 10.0 Å². The van der Waals surface area contributed by atoms with E-state index in [1.54, 1.807) is 6.92 Å². The van der Waals surface area contributed by atoms with Gasteiger partial charge in [-0.15, -0.1) is 0 Å². The van der Waals surface area contributed by atoms with Gasteiger partial charge in [-0.25, -0.2) is 22.6 Å². The van der Waals surface area contributed by atoms with Crippen molar-refractivity contribution in [3.05, 3.63) is 41.6 Å². The number of nitrogens with one attached hydrogen (secondary N) is 2. The van der Waals surface area contributed by atoms with Crippen LogP contribution in [0.5, 0.6) is 5.88 Å². The fourth-order valence-electron chi connectivity index (χ4n) is 3.15. The van der Waals surface area contributed by atoms with Crippen LogP contribution in [0, 0.1) is 5.92 Å². The van der Waals surface area contributed by atoms with Gasteiger partial charge in [0.05, 0.1) is 12.2 Å². The third-order valence-electron chi connectivity index (χ3n) is 4.38. The van der Waals surface area contributed by atoms with Gasteiger partial charge in [0, 0.05) is 6.54 Å². The zero-order valence-electron chi connectivity index (χ0n) is 13.9. The molecule has 9 heteroatoms. The molecule has 1 aromatic heterocycles. The summed E-state index contributed by atoms with van der Waals surface area (Å²) in [5.41, 5.74) is 2.13. The summed E-state index contributed by atoms with van der Waals surface area (Å²) >= 11 is 0. The summed E-state index contributed by atoms with van der Waals surface area (Å²) in [4.78, 5) is 11.8. The highest BCUT2D eigenvalue weighted by Gasteiger charge is 2.32. The smallest absolute Gasteiger partial charge is 0.329 e. The summed E-state index contributed by atoms with van der Waals surface area (Å²) in [5.74, 6) is -0.343. The van der Waals surface area contributed by atoms with Crippen LogP contribution in [0.4, 0.5) is 4.79 Å². The molecule has 1 aromatic carbocycles. The topological polar surface area (TPSA) is 113 Å². The monoisotopic (exact) mass is 364 g/mol. The fourth-order valence-corrected chi connectivity index (χ4v) is 4.09. The molecule has 1 aliphatic rings. The highest BCUT2D eigenvalue weighted by atomic mass is 32.2. The van der Waals surface area contributed by atoms with E-state index in [4.69, 9.17) is 0 Å². The lowest BCUT2D eigenvalue weighted by Crippen LogP contribution is -2.42. The summed E-state index contributed by atoms with van der Waals surface area (Å²) in [5, 5.41) is 16.4. The molecule has 25 heavy (non-hydrogen) atoms. The second-order valence-corrected chi connectivity index (χ2v) is 7.74. The number of urea groups is 1. The summed E-state index contributed by atoms with van der Waals surface area (Å²) in [7, 11) is -4.21. The third kappa shape index (κ3) is 3.19. The number of rotatable bonds is 4. The van der Waals surface area contributed by atoms with E-state index in [2.05, 4.69) is 10.4 Å². The van der Waals surface area contributed by atoms with Crippen LogP contribution in [-0.4, -0.2) is 29.3 Å². The second-order valence-electron chi connectivity index (χ2n) is 6.09. The molecule has 0 aliphatic heterocycles. The van der Waals surface area contributed by atoms with Gasteiger partial charge in [-0.1, -0.05) is 31.2 Å². The number of carbonyl (C=O) groups is 1. The van der Waals surface area contributed by atoms with Gasteiger partial charge in [0.15, 0.2) is 4.90 Å². The number of aromatic nitrogens is 2. The van der Waals surface area contributed by atoms with Crippen LogP contribution in [0.1, 0.15) is 31.0 Å². The molecule has 0 spiro atoms. The molecule has 134 valence electrons. The molecular formula is C16H20N4O4S. The molecule has 0 saturated carbocycles. The first-order chi connectivity index (χ1) is 11.8. The number of aryl methyl sites for hydroxylation is 1. The molecule has 2 amide bonds. The molecule has 2 atom stereocenters. The fraction of sp³-hybridized carbons (Fsp3) is 0.375. The summed E-state index contributed by atoms with van der Waals surface area (Å²) in [6.45, 7) is 4.02. The molecular weight excluding hydrogens is 344 g/mol. The van der Waals surface area contributed by atoms with E-state index in [1.807, 2.05) is 35.9 Å². The van der Waals surface area contributed by atoms with E-state index in [1.165, 1.54) is 0 Å². The molecule has 3 N–H and O–H groups in total. The number of amides is 2. The predicted molar refractivity (Wildman–Crippen MR) is 90.5 cm³/mol. The van der Waals surface area contributed by atoms with Crippen molar-refractivity contribution in [2.45, 2.75) is 37.8 Å². The van der Waals surface area contributed by atoms with Gasteiger partial charge in [0.2, 0.25) is 5.88 Å². The second kappa shape index (κ2) is 6.40. The Morgan fingerprint density at radius 1 is 1.40 bits per heavy atom. The Morgan fingerprint density at radius 3 is 2.80 bits per heavy atom. The van der Waals surface area contributed by atoms with E-state index >= 15 is 0 Å². The number of carbonyl (C=O) groups excluding carboxylic acids is 1. The molecule has 1 aliphatic carbocycles. The average molecular weight is 364 g/mol. The molecule has 0 fully saturated rings. The Kier molecular flexibility index (Phi) is 4.42. The van der Waals surface area contributed by atoms with Crippen LogP contribution in [0.3, 0.4) is 0 Å². The van der Waals surface area contributed by atoms with Crippen LogP contribution in [0.2, 0.25) is 0 Å². The first-order valence-electron chi connectivity index (χ1n) is 7.99. The van der Waals surface area contributed by atoms with E-state index in [-0.39, 0.29) is 12.0 Å². The van der Waals surface area contributed by atoms with Gasteiger partial charge in [-0.05, 0) is 30.4 Å². The minimum absolute atomic E-state index is 0.155. The summed E-state index contributed by atoms with van der Waals surface area (Å²) in [6, 6.07) is 6.65. The lowest BCUT2D eigenvalue weighted by atomic mass is 10.0. The third-order valence-corrected chi connectivity index (χ3v) is 5.70. The largest absolute Gasteiger partial charge is 0.492 e. The maximum atomic E-state index is 12.3. The zero-order valence-corrected chi connectivity index (χ0v) is 14.7. The highest BCUT2D eigenvalue weighted by Crippen LogP contribution is 2.35. The number of hydrogen-bond donors (Lipinski definition) is 3. The minimum atomic E-state index is -4.21. The van der Waals surface area contributed by atoms with Gasteiger partial charge in [-0.3, -0.25) is 0 Å². The number of nitrogens with zero attached hydrogens (tertiary/aromatic N) is 2. The van der Waals surface area contributed by atoms with Crippen molar-refractivity contribution in [2.75, 3.05) is 0 Å². The van der Waals surface area contributed by atoms with Crippen molar-refractivity contribution in [2.24, 2.45) is 5.92 Å². The van der Waals surface area contributed by atoms with Gasteiger partial charge in [0.1, 0.15) is 0 Å². The molecule has 0 radical (unpaired) electrons. The van der Waals surface area contributed by atoms with Gasteiger partial charge >= 0.3 is 6.03 Å². The van der Waals surface area contributed by atoms with Crippen LogP contribution >= 0.6 is 0 Å². The molecule has 1 heterocycles. The van der Waals surface area contributed by atoms with Crippen LogP contribution in [0.15, 0.2) is 35.4 Å². The normalized spacial score (nSPS) is 19.4. The number of benzene rings is 1. The van der Waals surface area contributed by atoms with E-state index < -0.39 is 26.8 Å². The first-order valence-corrected chi connectivity index (χ1v) is 9.47. The van der Waals surface area contributed by atoms with Gasteiger partial charge < -0.3 is 10.4 Å². The molecule has 0 saturated heterocycles. The van der Waals surface area contributed by atoms with Crippen molar-refractivity contribution in [3.63, 3.8) is 0 Å². The Labute approximate surface area is 145 Å². The van der Waals surface area contributed by atoms with E-state index in [9.17, 15) is 18.3 Å². The van der Waals surface area contributed by atoms with Crippen molar-refractivity contribution in [1.29, 1.82) is 0 Å². The Morgan fingerprint density at radius 2 is 2.12 bits per heavy atom. The zero-order chi connectivity index (χ0) is 18.2. The van der Waals surface area contributed by atoms with Crippen LogP contribution < -0.4 is 10.0 Å². The molecule has 3 rings (SSSR count). The van der Waals surface area contributed by atoms with Crippen molar-refractivity contribution < 1.29 is 18.3 Å². The van der Waals surface area contributed by atoms with Crippen molar-refractivity contribution >= 4 is 16.1 Å². The first kappa shape index (κ1) is 17.3. The lowest BCUT2D eigenvalue weighted by molar-refractivity contribution is 0.238. The Bertz CT molecular complexity index is 907. The SMILES string of the molecule is CCn1ncc(S(=O)(=O)NC(=O)NC2c3ccccc3CC2C)c1O. The van der Waals surface area contributed by atoms with Crippen molar-refractivity contribution in [1.82, 2.24) is 19.8 Å². The molecule has 0 bridgehead atoms. The standard InChI is InChI=1S/C16H20N4O4S/c1-3-20-15(21)13(9-17-20)25(23,24)19-16(22)18-14-10(2)8-11-6-4-5-7-12(11)14/h4-7,9-10,14,21H,3,8H2,1-2H3,(H2,18,19,22). The quantitative estimate of drug-likeness (QED) is 0.761. The molecule has 2 aromatic rings. The Balaban J connectivity index is 1.75.